The summed E-state index contributed by atoms with van der Waals surface area (Å²) in [6.07, 6.45) is 0. The average Bonchev–Trinajstić information content (AvgIpc) is 2.80. The number of carbonyl (C=O) groups excluding carboxylic acids is 1. The van der Waals surface area contributed by atoms with E-state index in [9.17, 15) is 9.00 Å². The minimum atomic E-state index is -1.08. The topological polar surface area (TPSA) is 46.6 Å². The summed E-state index contributed by atoms with van der Waals surface area (Å²) in [7, 11) is -1.08. The first kappa shape index (κ1) is 12.9. The highest BCUT2D eigenvalue weighted by atomic mass is 32.2. The fourth-order valence-electron chi connectivity index (χ4n) is 2.01. The van der Waals surface area contributed by atoms with Crippen LogP contribution in [0.1, 0.15) is 0 Å². The van der Waals surface area contributed by atoms with Gasteiger partial charge in [0.1, 0.15) is 23.1 Å². The van der Waals surface area contributed by atoms with Gasteiger partial charge in [-0.1, -0.05) is 18.2 Å². The monoisotopic (exact) mass is 287 g/mol. The lowest BCUT2D eigenvalue weighted by atomic mass is 10.2. The van der Waals surface area contributed by atoms with Crippen LogP contribution in [0.15, 0.2) is 54.6 Å². The Hall–Kier alpha value is -2.14. The van der Waals surface area contributed by atoms with Gasteiger partial charge in [0.2, 0.25) is 5.91 Å². The van der Waals surface area contributed by atoms with E-state index < -0.39 is 10.8 Å². The zero-order valence-electron chi connectivity index (χ0n) is 10.7. The molecule has 1 atom stereocenters. The minimum absolute atomic E-state index is 0.0972. The first-order valence-electron chi connectivity index (χ1n) is 6.21. The number of nitrogens with zero attached hydrogens (tertiary/aromatic N) is 1. The van der Waals surface area contributed by atoms with Crippen LogP contribution in [-0.2, 0) is 15.6 Å². The van der Waals surface area contributed by atoms with Gasteiger partial charge in [0.15, 0.2) is 0 Å². The number of anilines is 1. The van der Waals surface area contributed by atoms with E-state index in [0.29, 0.717) is 5.75 Å². The molecule has 0 radical (unpaired) electrons. The maximum absolute atomic E-state index is 11.7. The second kappa shape index (κ2) is 5.46. The van der Waals surface area contributed by atoms with E-state index in [1.165, 1.54) is 0 Å². The molecule has 1 aliphatic heterocycles. The van der Waals surface area contributed by atoms with Crippen molar-refractivity contribution in [3.63, 3.8) is 0 Å². The van der Waals surface area contributed by atoms with Crippen molar-refractivity contribution >= 4 is 22.4 Å². The fourth-order valence-corrected chi connectivity index (χ4v) is 3.12. The highest BCUT2D eigenvalue weighted by Crippen LogP contribution is 2.25. The van der Waals surface area contributed by atoms with Crippen molar-refractivity contribution in [3.8, 4) is 11.5 Å². The minimum Gasteiger partial charge on any atom is -0.457 e. The average molecular weight is 287 g/mol. The molecule has 0 unspecified atom stereocenters. The van der Waals surface area contributed by atoms with Gasteiger partial charge in [-0.3, -0.25) is 13.9 Å². The first-order chi connectivity index (χ1) is 9.72. The summed E-state index contributed by atoms with van der Waals surface area (Å²) in [5.74, 6) is 1.76. The number of benzene rings is 2. The van der Waals surface area contributed by atoms with Gasteiger partial charge in [-0.05, 0) is 36.4 Å². The van der Waals surface area contributed by atoms with E-state index in [0.717, 1.165) is 11.4 Å². The lowest BCUT2D eigenvalue weighted by Gasteiger charge is -2.14. The van der Waals surface area contributed by atoms with Crippen LogP contribution >= 0.6 is 0 Å². The summed E-state index contributed by atoms with van der Waals surface area (Å²) < 4.78 is 17.0. The molecule has 0 aliphatic carbocycles. The molecule has 2 aromatic rings. The van der Waals surface area contributed by atoms with E-state index in [1.54, 1.807) is 29.2 Å². The highest BCUT2D eigenvalue weighted by Gasteiger charge is 2.27. The Morgan fingerprint density at radius 2 is 1.60 bits per heavy atom. The molecular formula is C15H13NO3S. The Labute approximate surface area is 119 Å². The highest BCUT2D eigenvalue weighted by molar-refractivity contribution is 7.86. The van der Waals surface area contributed by atoms with Crippen LogP contribution in [0, 0.1) is 0 Å². The second-order valence-corrected chi connectivity index (χ2v) is 5.87. The number of rotatable bonds is 3. The van der Waals surface area contributed by atoms with Crippen molar-refractivity contribution in [1.29, 1.82) is 0 Å². The predicted molar refractivity (Wildman–Crippen MR) is 78.3 cm³/mol. The molecule has 102 valence electrons. The zero-order chi connectivity index (χ0) is 13.9. The largest absolute Gasteiger partial charge is 0.457 e. The number of amides is 1. The van der Waals surface area contributed by atoms with Crippen molar-refractivity contribution < 1.29 is 13.7 Å². The van der Waals surface area contributed by atoms with Crippen LogP contribution in [0.5, 0.6) is 11.5 Å². The Kier molecular flexibility index (Phi) is 3.52. The predicted octanol–water partition coefficient (Wildman–Crippen LogP) is 2.53. The van der Waals surface area contributed by atoms with Crippen molar-refractivity contribution in [3.05, 3.63) is 54.6 Å². The Morgan fingerprint density at radius 3 is 2.20 bits per heavy atom. The maximum atomic E-state index is 11.7. The second-order valence-electron chi connectivity index (χ2n) is 4.44. The van der Waals surface area contributed by atoms with Gasteiger partial charge in [0.05, 0.1) is 10.8 Å². The molecule has 1 aliphatic rings. The summed E-state index contributed by atoms with van der Waals surface area (Å²) in [6, 6.07) is 16.7. The van der Waals surface area contributed by atoms with Crippen LogP contribution in [0.4, 0.5) is 5.69 Å². The lowest BCUT2D eigenvalue weighted by molar-refractivity contribution is -0.115. The Morgan fingerprint density at radius 1 is 0.950 bits per heavy atom. The van der Waals surface area contributed by atoms with E-state index >= 15 is 0 Å². The molecule has 1 fully saturated rings. The molecule has 1 amide bonds. The van der Waals surface area contributed by atoms with E-state index in [2.05, 4.69) is 0 Å². The zero-order valence-corrected chi connectivity index (χ0v) is 11.5. The molecule has 2 aromatic carbocycles. The molecule has 1 saturated heterocycles. The number of hydrogen-bond donors (Lipinski definition) is 0. The molecule has 0 aromatic heterocycles. The molecule has 20 heavy (non-hydrogen) atoms. The number of carbonyl (C=O) groups is 1. The molecule has 0 saturated carbocycles. The van der Waals surface area contributed by atoms with Gasteiger partial charge >= 0.3 is 0 Å². The quantitative estimate of drug-likeness (QED) is 0.871. The third-order valence-electron chi connectivity index (χ3n) is 2.99. The lowest BCUT2D eigenvalue weighted by Crippen LogP contribution is -2.24. The van der Waals surface area contributed by atoms with Gasteiger partial charge in [0.25, 0.3) is 0 Å². The van der Waals surface area contributed by atoms with Crippen LogP contribution in [-0.4, -0.2) is 21.7 Å². The summed E-state index contributed by atoms with van der Waals surface area (Å²) >= 11 is 0. The molecule has 0 bridgehead atoms. The molecular weight excluding hydrogens is 274 g/mol. The normalized spacial score (nSPS) is 18.3. The summed E-state index contributed by atoms with van der Waals surface area (Å²) in [5, 5.41) is 0. The summed E-state index contributed by atoms with van der Waals surface area (Å²) in [4.78, 5) is 13.2. The smallest absolute Gasteiger partial charge is 0.240 e. The van der Waals surface area contributed by atoms with Gasteiger partial charge in [-0.15, -0.1) is 0 Å². The van der Waals surface area contributed by atoms with Gasteiger partial charge in [-0.2, -0.15) is 0 Å². The van der Waals surface area contributed by atoms with Crippen molar-refractivity contribution in [1.82, 2.24) is 0 Å². The third-order valence-corrected chi connectivity index (χ3v) is 4.10. The van der Waals surface area contributed by atoms with E-state index in [4.69, 9.17) is 4.74 Å². The molecule has 4 nitrogen and oxygen atoms in total. The van der Waals surface area contributed by atoms with Gasteiger partial charge < -0.3 is 4.74 Å². The van der Waals surface area contributed by atoms with E-state index in [1.807, 2.05) is 30.3 Å². The van der Waals surface area contributed by atoms with Crippen LogP contribution < -0.4 is 9.64 Å². The fraction of sp³-hybridized carbons (Fsp3) is 0.133. The van der Waals surface area contributed by atoms with Crippen LogP contribution in [0.25, 0.3) is 0 Å². The van der Waals surface area contributed by atoms with Crippen LogP contribution in [0.3, 0.4) is 0 Å². The standard InChI is InChI=1S/C15H13NO3S/c17-15-10-20(18)11-16(15)12-6-8-14(9-7-12)19-13-4-2-1-3-5-13/h1-9H,10-11H2/t20-/m0/s1. The number of para-hydroxylation sites is 1. The summed E-state index contributed by atoms with van der Waals surface area (Å²) in [5.41, 5.74) is 0.751. The molecule has 3 rings (SSSR count). The van der Waals surface area contributed by atoms with Gasteiger partial charge in [-0.25, -0.2) is 0 Å². The molecule has 0 N–H and O–H groups in total. The van der Waals surface area contributed by atoms with Crippen LogP contribution in [0.2, 0.25) is 0 Å². The molecule has 1 heterocycles. The third kappa shape index (κ3) is 2.72. The molecule has 0 spiro atoms. The SMILES string of the molecule is O=C1C[S@](=O)CN1c1ccc(Oc2ccccc2)cc1. The molecule has 5 heteroatoms. The number of hydrogen-bond acceptors (Lipinski definition) is 3. The van der Waals surface area contributed by atoms with E-state index in [-0.39, 0.29) is 17.5 Å². The summed E-state index contributed by atoms with van der Waals surface area (Å²) in [6.45, 7) is 0. The van der Waals surface area contributed by atoms with Crippen molar-refractivity contribution in [2.45, 2.75) is 0 Å². The Balaban J connectivity index is 1.75. The van der Waals surface area contributed by atoms with Gasteiger partial charge in [0, 0.05) is 5.69 Å². The maximum Gasteiger partial charge on any atom is 0.240 e. The van der Waals surface area contributed by atoms with Crippen molar-refractivity contribution in [2.75, 3.05) is 16.5 Å². The number of ether oxygens (including phenoxy) is 1. The first-order valence-corrected chi connectivity index (χ1v) is 7.69. The van der Waals surface area contributed by atoms with Crippen molar-refractivity contribution in [2.24, 2.45) is 0 Å². The Bertz CT molecular complexity index is 640.